The highest BCUT2D eigenvalue weighted by atomic mass is 35.5. The zero-order chi connectivity index (χ0) is 27.1. The Hall–Kier alpha value is -3.46. The van der Waals surface area contributed by atoms with Gasteiger partial charge in [-0.3, -0.25) is 4.79 Å². The predicted octanol–water partition coefficient (Wildman–Crippen LogP) is 5.38. The third kappa shape index (κ3) is 5.24. The van der Waals surface area contributed by atoms with E-state index in [2.05, 4.69) is 21.8 Å². The summed E-state index contributed by atoms with van der Waals surface area (Å²) in [5, 5.41) is 0.365. The number of halogens is 1. The summed E-state index contributed by atoms with van der Waals surface area (Å²) in [5.74, 6) is 0.937. The molecule has 1 aromatic heterocycles. The number of hydrogen-bond acceptors (Lipinski definition) is 4. The number of aryl methyl sites for hydroxylation is 2. The summed E-state index contributed by atoms with van der Waals surface area (Å²) in [6.07, 6.45) is 5.80. The molecule has 0 spiro atoms. The van der Waals surface area contributed by atoms with Gasteiger partial charge in [0.2, 0.25) is 15.9 Å². The summed E-state index contributed by atoms with van der Waals surface area (Å²) in [5.41, 5.74) is 3.90. The molecule has 4 aromatic rings. The first-order valence-electron chi connectivity index (χ1n) is 13.0. The number of hydrogen-bond donors (Lipinski definition) is 1. The fourth-order valence-electron chi connectivity index (χ4n) is 5.49. The van der Waals surface area contributed by atoms with E-state index in [0.717, 1.165) is 35.5 Å². The monoisotopic (exact) mass is 560 g/mol. The van der Waals surface area contributed by atoms with E-state index in [1.54, 1.807) is 23.2 Å². The Labute approximate surface area is 233 Å². The fourth-order valence-corrected chi connectivity index (χ4v) is 7.04. The summed E-state index contributed by atoms with van der Waals surface area (Å²) < 4.78 is 31.1. The number of rotatable bonds is 8. The molecule has 0 unspecified atom stereocenters. The van der Waals surface area contributed by atoms with Crippen LogP contribution in [0, 0.1) is 5.92 Å². The lowest BCUT2D eigenvalue weighted by Gasteiger charge is -2.25. The van der Waals surface area contributed by atoms with Gasteiger partial charge in [0.05, 0.1) is 11.4 Å². The van der Waals surface area contributed by atoms with Crippen molar-refractivity contribution < 1.29 is 13.2 Å². The lowest BCUT2D eigenvalue weighted by molar-refractivity contribution is -0.120. The van der Waals surface area contributed by atoms with Crippen LogP contribution >= 0.6 is 11.6 Å². The van der Waals surface area contributed by atoms with Gasteiger partial charge in [0.1, 0.15) is 5.82 Å². The van der Waals surface area contributed by atoms with Crippen molar-refractivity contribution in [2.45, 2.75) is 42.7 Å². The predicted molar refractivity (Wildman–Crippen MR) is 151 cm³/mol. The van der Waals surface area contributed by atoms with E-state index in [-0.39, 0.29) is 22.6 Å². The second-order valence-electron chi connectivity index (χ2n) is 10.3. The Balaban J connectivity index is 1.30. The van der Waals surface area contributed by atoms with E-state index in [1.165, 1.54) is 17.7 Å². The van der Waals surface area contributed by atoms with Crippen LogP contribution in [0.25, 0.3) is 0 Å². The molecule has 2 aliphatic carbocycles. The Kier molecular flexibility index (Phi) is 6.79. The molecule has 6 rings (SSSR count). The molecule has 39 heavy (non-hydrogen) atoms. The molecule has 1 fully saturated rings. The SMILES string of the molecule is Cn1ccnc1CN(C(=O)[C@@H]1C[C@@H]1c1ccccc1)c1ccc2c(c1)[C@H](NS(=O)(=O)c1cccc(Cl)c1)CC2. The van der Waals surface area contributed by atoms with E-state index in [0.29, 0.717) is 18.0 Å². The van der Waals surface area contributed by atoms with Crippen molar-refractivity contribution in [3.8, 4) is 0 Å². The number of aromatic nitrogens is 2. The van der Waals surface area contributed by atoms with Crippen LogP contribution in [-0.4, -0.2) is 23.9 Å². The van der Waals surface area contributed by atoms with Crippen LogP contribution in [0.1, 0.15) is 47.3 Å². The lowest BCUT2D eigenvalue weighted by atomic mass is 10.1. The Morgan fingerprint density at radius 3 is 2.67 bits per heavy atom. The number of imidazole rings is 1. The topological polar surface area (TPSA) is 84.3 Å². The smallest absolute Gasteiger partial charge is 0.241 e. The first-order valence-corrected chi connectivity index (χ1v) is 14.9. The molecule has 7 nitrogen and oxygen atoms in total. The van der Waals surface area contributed by atoms with Gasteiger partial charge in [-0.05, 0) is 72.2 Å². The van der Waals surface area contributed by atoms with Crippen LogP contribution in [0.5, 0.6) is 0 Å². The second kappa shape index (κ2) is 10.3. The number of carbonyl (C=O) groups is 1. The van der Waals surface area contributed by atoms with Crippen molar-refractivity contribution in [2.24, 2.45) is 13.0 Å². The zero-order valence-electron chi connectivity index (χ0n) is 21.5. The number of fused-ring (bicyclic) bond motifs is 1. The van der Waals surface area contributed by atoms with Crippen LogP contribution in [0.2, 0.25) is 5.02 Å². The molecule has 1 N–H and O–H groups in total. The third-order valence-electron chi connectivity index (χ3n) is 7.74. The van der Waals surface area contributed by atoms with Gasteiger partial charge in [-0.2, -0.15) is 0 Å². The van der Waals surface area contributed by atoms with E-state index in [1.807, 2.05) is 54.2 Å². The first kappa shape index (κ1) is 25.8. The summed E-state index contributed by atoms with van der Waals surface area (Å²) in [6, 6.07) is 21.9. The van der Waals surface area contributed by atoms with Gasteiger partial charge in [-0.1, -0.05) is 54.1 Å². The van der Waals surface area contributed by atoms with Crippen molar-refractivity contribution in [3.05, 3.63) is 113 Å². The minimum Gasteiger partial charge on any atom is -0.337 e. The van der Waals surface area contributed by atoms with Gasteiger partial charge in [-0.15, -0.1) is 0 Å². The summed E-state index contributed by atoms with van der Waals surface area (Å²) in [6.45, 7) is 0.331. The number of anilines is 1. The number of benzene rings is 3. The highest BCUT2D eigenvalue weighted by Crippen LogP contribution is 2.49. The zero-order valence-corrected chi connectivity index (χ0v) is 23.1. The molecule has 9 heteroatoms. The normalized spacial score (nSPS) is 20.0. The average Bonchev–Trinajstić information content (AvgIpc) is 3.50. The number of amides is 1. The number of sulfonamides is 1. The highest BCUT2D eigenvalue weighted by Gasteiger charge is 2.46. The van der Waals surface area contributed by atoms with E-state index in [9.17, 15) is 13.2 Å². The van der Waals surface area contributed by atoms with Crippen molar-refractivity contribution in [2.75, 3.05) is 4.90 Å². The maximum atomic E-state index is 13.9. The van der Waals surface area contributed by atoms with E-state index in [4.69, 9.17) is 11.6 Å². The van der Waals surface area contributed by atoms with Gasteiger partial charge < -0.3 is 9.47 Å². The maximum Gasteiger partial charge on any atom is 0.241 e. The maximum absolute atomic E-state index is 13.9. The number of nitrogens with one attached hydrogen (secondary N) is 1. The van der Waals surface area contributed by atoms with Crippen molar-refractivity contribution in [1.82, 2.24) is 14.3 Å². The Bertz CT molecular complexity index is 1640. The summed E-state index contributed by atoms with van der Waals surface area (Å²) in [4.78, 5) is 20.3. The van der Waals surface area contributed by atoms with Crippen LogP contribution < -0.4 is 9.62 Å². The average molecular weight is 561 g/mol. The van der Waals surface area contributed by atoms with Gasteiger partial charge >= 0.3 is 0 Å². The van der Waals surface area contributed by atoms with Crippen LogP contribution in [0.15, 0.2) is 90.1 Å². The molecule has 0 saturated heterocycles. The molecular weight excluding hydrogens is 532 g/mol. The molecule has 1 heterocycles. The Morgan fingerprint density at radius 2 is 1.92 bits per heavy atom. The second-order valence-corrected chi connectivity index (χ2v) is 12.4. The van der Waals surface area contributed by atoms with Gasteiger partial charge in [-0.25, -0.2) is 18.1 Å². The minimum absolute atomic E-state index is 0.0564. The molecule has 0 bridgehead atoms. The molecule has 1 saturated carbocycles. The van der Waals surface area contributed by atoms with E-state index >= 15 is 0 Å². The standard InChI is InChI=1S/C30H29ClN4O3S/c1-34-15-14-32-29(34)19-35(30(36)27-18-25(27)20-6-3-2-4-7-20)23-12-10-21-11-13-28(26(21)17-23)33-39(37,38)24-9-5-8-22(31)16-24/h2-10,12,14-17,25,27-28,33H,11,13,18-19H2,1H3/t25-,27-,28-/m1/s1. The quantitative estimate of drug-likeness (QED) is 0.314. The first-order chi connectivity index (χ1) is 18.8. The molecule has 3 atom stereocenters. The number of carbonyl (C=O) groups excluding carboxylic acids is 1. The molecule has 1 amide bonds. The minimum atomic E-state index is -3.77. The Morgan fingerprint density at radius 1 is 1.10 bits per heavy atom. The molecule has 2 aliphatic rings. The number of nitrogens with zero attached hydrogens (tertiary/aromatic N) is 3. The van der Waals surface area contributed by atoms with Crippen LogP contribution in [0.3, 0.4) is 0 Å². The van der Waals surface area contributed by atoms with Gasteiger partial charge in [0, 0.05) is 42.1 Å². The molecule has 200 valence electrons. The molecule has 0 aliphatic heterocycles. The van der Waals surface area contributed by atoms with Gasteiger partial charge in [0.25, 0.3) is 0 Å². The highest BCUT2D eigenvalue weighted by molar-refractivity contribution is 7.89. The fraction of sp³-hybridized carbons (Fsp3) is 0.267. The van der Waals surface area contributed by atoms with Crippen molar-refractivity contribution >= 4 is 33.2 Å². The molecular formula is C30H29ClN4O3S. The van der Waals surface area contributed by atoms with Crippen molar-refractivity contribution in [1.29, 1.82) is 0 Å². The molecule has 0 radical (unpaired) electrons. The third-order valence-corrected chi connectivity index (χ3v) is 9.45. The summed E-state index contributed by atoms with van der Waals surface area (Å²) >= 11 is 6.05. The van der Waals surface area contributed by atoms with E-state index < -0.39 is 16.1 Å². The lowest BCUT2D eigenvalue weighted by Crippen LogP contribution is -2.33. The van der Waals surface area contributed by atoms with Gasteiger partial charge in [0.15, 0.2) is 0 Å². The summed E-state index contributed by atoms with van der Waals surface area (Å²) in [7, 11) is -1.86. The largest absolute Gasteiger partial charge is 0.337 e. The molecule has 3 aromatic carbocycles. The van der Waals surface area contributed by atoms with Crippen molar-refractivity contribution in [3.63, 3.8) is 0 Å². The van der Waals surface area contributed by atoms with Crippen LogP contribution in [0.4, 0.5) is 5.69 Å². The van der Waals surface area contributed by atoms with Crippen LogP contribution in [-0.2, 0) is 34.8 Å².